The summed E-state index contributed by atoms with van der Waals surface area (Å²) >= 11 is 0. The zero-order valence-electron chi connectivity index (χ0n) is 9.47. The second-order valence-corrected chi connectivity index (χ2v) is 3.86. The molecular formula is C11H11F3N2O2. The summed E-state index contributed by atoms with van der Waals surface area (Å²) in [6.07, 6.45) is -4.40. The number of hydrogen-bond donors (Lipinski definition) is 2. The Morgan fingerprint density at radius 3 is 2.78 bits per heavy atom. The molecule has 7 heteroatoms. The van der Waals surface area contributed by atoms with Crippen molar-refractivity contribution >= 4 is 11.6 Å². The van der Waals surface area contributed by atoms with Crippen molar-refractivity contribution < 1.29 is 22.7 Å². The van der Waals surface area contributed by atoms with E-state index in [1.165, 1.54) is 25.2 Å². The summed E-state index contributed by atoms with van der Waals surface area (Å²) < 4.78 is 43.3. The van der Waals surface area contributed by atoms with Crippen molar-refractivity contribution in [2.75, 3.05) is 19.0 Å². The second kappa shape index (κ2) is 4.49. The lowest BCUT2D eigenvalue weighted by molar-refractivity contribution is -0.156. The molecule has 0 bridgehead atoms. The molecule has 1 atom stereocenters. The SMILES string of the molecule is CNC(c1ccc2c(c1)NC(=O)CO2)C(F)(F)F. The van der Waals surface area contributed by atoms with Crippen molar-refractivity contribution in [2.24, 2.45) is 0 Å². The van der Waals surface area contributed by atoms with Gasteiger partial charge in [-0.15, -0.1) is 0 Å². The molecule has 0 spiro atoms. The molecule has 1 aromatic carbocycles. The fourth-order valence-corrected chi connectivity index (χ4v) is 1.80. The van der Waals surface area contributed by atoms with Crippen LogP contribution in [0.25, 0.3) is 0 Å². The van der Waals surface area contributed by atoms with Gasteiger partial charge in [-0.25, -0.2) is 0 Å². The van der Waals surface area contributed by atoms with Crippen LogP contribution in [0.4, 0.5) is 18.9 Å². The number of nitrogens with one attached hydrogen (secondary N) is 2. The van der Waals surface area contributed by atoms with Crippen LogP contribution in [0, 0.1) is 0 Å². The second-order valence-electron chi connectivity index (χ2n) is 3.86. The maximum absolute atomic E-state index is 12.7. The Balaban J connectivity index is 2.35. The van der Waals surface area contributed by atoms with Crippen molar-refractivity contribution in [3.8, 4) is 5.75 Å². The lowest BCUT2D eigenvalue weighted by Crippen LogP contribution is -2.32. The van der Waals surface area contributed by atoms with Gasteiger partial charge in [-0.05, 0) is 24.7 Å². The number of rotatable bonds is 2. The molecule has 2 N–H and O–H groups in total. The first-order valence-electron chi connectivity index (χ1n) is 5.22. The van der Waals surface area contributed by atoms with E-state index in [9.17, 15) is 18.0 Å². The molecule has 1 unspecified atom stereocenters. The summed E-state index contributed by atoms with van der Waals surface area (Å²) in [7, 11) is 1.23. The van der Waals surface area contributed by atoms with Crippen LogP contribution in [-0.4, -0.2) is 25.7 Å². The predicted molar refractivity (Wildman–Crippen MR) is 58.4 cm³/mol. The fourth-order valence-electron chi connectivity index (χ4n) is 1.80. The van der Waals surface area contributed by atoms with Gasteiger partial charge in [0, 0.05) is 0 Å². The number of ether oxygens (including phenoxy) is 1. The van der Waals surface area contributed by atoms with Gasteiger partial charge in [-0.3, -0.25) is 4.79 Å². The number of carbonyl (C=O) groups excluding carboxylic acids is 1. The van der Waals surface area contributed by atoms with E-state index in [0.717, 1.165) is 0 Å². The molecule has 0 fully saturated rings. The van der Waals surface area contributed by atoms with Gasteiger partial charge >= 0.3 is 6.18 Å². The van der Waals surface area contributed by atoms with Gasteiger partial charge < -0.3 is 15.4 Å². The Morgan fingerprint density at radius 2 is 2.17 bits per heavy atom. The maximum atomic E-state index is 12.7. The first-order valence-corrected chi connectivity index (χ1v) is 5.22. The summed E-state index contributed by atoms with van der Waals surface area (Å²) in [5.41, 5.74) is 0.280. The topological polar surface area (TPSA) is 50.4 Å². The van der Waals surface area contributed by atoms with Crippen LogP contribution in [0.1, 0.15) is 11.6 Å². The maximum Gasteiger partial charge on any atom is 0.407 e. The van der Waals surface area contributed by atoms with Crippen LogP contribution >= 0.6 is 0 Å². The minimum Gasteiger partial charge on any atom is -0.482 e. The van der Waals surface area contributed by atoms with Gasteiger partial charge in [0.2, 0.25) is 0 Å². The highest BCUT2D eigenvalue weighted by molar-refractivity contribution is 5.95. The highest BCUT2D eigenvalue weighted by Crippen LogP contribution is 2.36. The smallest absolute Gasteiger partial charge is 0.407 e. The Bertz CT molecular complexity index is 474. The zero-order valence-corrected chi connectivity index (χ0v) is 9.47. The number of anilines is 1. The Hall–Kier alpha value is -1.76. The third-order valence-corrected chi connectivity index (χ3v) is 2.59. The summed E-state index contributed by atoms with van der Waals surface area (Å²) in [4.78, 5) is 11.1. The number of hydrogen-bond acceptors (Lipinski definition) is 3. The fraction of sp³-hybridized carbons (Fsp3) is 0.364. The number of benzene rings is 1. The van der Waals surface area contributed by atoms with Crippen molar-refractivity contribution in [3.63, 3.8) is 0 Å². The molecule has 0 aliphatic carbocycles. The molecule has 1 aromatic rings. The largest absolute Gasteiger partial charge is 0.482 e. The Morgan fingerprint density at radius 1 is 1.44 bits per heavy atom. The average molecular weight is 260 g/mol. The molecule has 0 radical (unpaired) electrons. The van der Waals surface area contributed by atoms with Crippen molar-refractivity contribution in [1.29, 1.82) is 0 Å². The summed E-state index contributed by atoms with van der Waals surface area (Å²) in [6, 6.07) is 2.23. The summed E-state index contributed by atoms with van der Waals surface area (Å²) in [6.45, 7) is -0.124. The van der Waals surface area contributed by atoms with E-state index < -0.39 is 12.2 Å². The number of alkyl halides is 3. The van der Waals surface area contributed by atoms with E-state index in [1.54, 1.807) is 0 Å². The molecule has 0 aromatic heterocycles. The summed E-state index contributed by atoms with van der Waals surface area (Å²) in [5, 5.41) is 4.67. The Kier molecular flexibility index (Phi) is 3.16. The molecule has 0 saturated carbocycles. The van der Waals surface area contributed by atoms with Crippen LogP contribution in [-0.2, 0) is 4.79 Å². The molecule has 2 rings (SSSR count). The van der Waals surface area contributed by atoms with Crippen molar-refractivity contribution in [2.45, 2.75) is 12.2 Å². The molecule has 1 heterocycles. The number of fused-ring (bicyclic) bond motifs is 1. The van der Waals surface area contributed by atoms with Crippen LogP contribution in [0.3, 0.4) is 0 Å². The standard InChI is InChI=1S/C11H11F3N2O2/c1-15-10(11(12,13)14)6-2-3-8-7(4-6)16-9(17)5-18-8/h2-4,10,15H,5H2,1H3,(H,16,17). The molecule has 1 aliphatic rings. The minimum absolute atomic E-state index is 0.0227. The number of carbonyl (C=O) groups is 1. The third-order valence-electron chi connectivity index (χ3n) is 2.59. The molecule has 1 amide bonds. The lowest BCUT2D eigenvalue weighted by atomic mass is 10.0. The molecular weight excluding hydrogens is 249 g/mol. The molecule has 0 saturated heterocycles. The normalized spacial score (nSPS) is 16.6. The summed E-state index contributed by atoms with van der Waals surface area (Å²) in [5.74, 6) is -0.0111. The lowest BCUT2D eigenvalue weighted by Gasteiger charge is -2.23. The first-order chi connectivity index (χ1) is 8.41. The van der Waals surface area contributed by atoms with Crippen LogP contribution in [0.5, 0.6) is 5.75 Å². The van der Waals surface area contributed by atoms with Gasteiger partial charge in [-0.2, -0.15) is 13.2 Å². The van der Waals surface area contributed by atoms with Crippen LogP contribution < -0.4 is 15.4 Å². The number of halogens is 3. The Labute approximate surface area is 101 Å². The van der Waals surface area contributed by atoms with E-state index in [-0.39, 0.29) is 23.8 Å². The van der Waals surface area contributed by atoms with Gasteiger partial charge in [0.1, 0.15) is 11.8 Å². The predicted octanol–water partition coefficient (Wildman–Crippen LogP) is 1.84. The monoisotopic (exact) mass is 260 g/mol. The number of amides is 1. The first kappa shape index (κ1) is 12.7. The quantitative estimate of drug-likeness (QED) is 0.853. The molecule has 4 nitrogen and oxygen atoms in total. The van der Waals surface area contributed by atoms with E-state index in [1.807, 2.05) is 0 Å². The third kappa shape index (κ3) is 2.40. The molecule has 98 valence electrons. The molecule has 18 heavy (non-hydrogen) atoms. The van der Waals surface area contributed by atoms with Gasteiger partial charge in [-0.1, -0.05) is 6.07 Å². The van der Waals surface area contributed by atoms with E-state index >= 15 is 0 Å². The molecule has 1 aliphatic heterocycles. The van der Waals surface area contributed by atoms with E-state index in [4.69, 9.17) is 4.74 Å². The van der Waals surface area contributed by atoms with Gasteiger partial charge in [0.05, 0.1) is 5.69 Å². The van der Waals surface area contributed by atoms with Crippen LogP contribution in [0.2, 0.25) is 0 Å². The minimum atomic E-state index is -4.40. The van der Waals surface area contributed by atoms with Crippen LogP contribution in [0.15, 0.2) is 18.2 Å². The van der Waals surface area contributed by atoms with Crippen molar-refractivity contribution in [1.82, 2.24) is 5.32 Å². The van der Waals surface area contributed by atoms with Crippen molar-refractivity contribution in [3.05, 3.63) is 23.8 Å². The average Bonchev–Trinajstić information content (AvgIpc) is 2.27. The zero-order chi connectivity index (χ0) is 13.3. The van der Waals surface area contributed by atoms with Gasteiger partial charge in [0.15, 0.2) is 6.61 Å². The highest BCUT2D eigenvalue weighted by atomic mass is 19.4. The van der Waals surface area contributed by atoms with Gasteiger partial charge in [0.25, 0.3) is 5.91 Å². The van der Waals surface area contributed by atoms with E-state index in [2.05, 4.69) is 10.6 Å². The van der Waals surface area contributed by atoms with E-state index in [0.29, 0.717) is 5.75 Å². The highest BCUT2D eigenvalue weighted by Gasteiger charge is 2.40.